The van der Waals surface area contributed by atoms with Crippen molar-refractivity contribution in [1.82, 2.24) is 4.90 Å². The molecule has 0 aromatic heterocycles. The summed E-state index contributed by atoms with van der Waals surface area (Å²) >= 11 is 0. The third-order valence-electron chi connectivity index (χ3n) is 5.10. The number of methoxy groups -OCH3 is 1. The first-order chi connectivity index (χ1) is 14.4. The third-order valence-corrected chi connectivity index (χ3v) is 6.36. The minimum atomic E-state index is -4.01. The molecule has 0 N–H and O–H groups in total. The Morgan fingerprint density at radius 2 is 1.70 bits per heavy atom. The zero-order valence-electron chi connectivity index (χ0n) is 17.6. The second kappa shape index (κ2) is 9.38. The van der Waals surface area contributed by atoms with Gasteiger partial charge < -0.3 is 13.8 Å². The van der Waals surface area contributed by atoms with Crippen molar-refractivity contribution in [3.63, 3.8) is 0 Å². The van der Waals surface area contributed by atoms with Crippen molar-refractivity contribution in [1.29, 1.82) is 0 Å². The number of urea groups is 1. The van der Waals surface area contributed by atoms with Crippen molar-refractivity contribution >= 4 is 21.8 Å². The van der Waals surface area contributed by atoms with Gasteiger partial charge in [-0.25, -0.2) is 4.79 Å². The minimum Gasteiger partial charge on any atom is -0.497 e. The van der Waals surface area contributed by atoms with Crippen molar-refractivity contribution < 1.29 is 22.1 Å². The van der Waals surface area contributed by atoms with Crippen LogP contribution in [0.3, 0.4) is 0 Å². The van der Waals surface area contributed by atoms with Gasteiger partial charge in [0.25, 0.3) is 0 Å². The number of ether oxygens (including phenoxy) is 1. The van der Waals surface area contributed by atoms with E-state index in [1.807, 2.05) is 17.9 Å². The fraction of sp³-hybridized carbons (Fsp3) is 0.409. The number of aryl methyl sites for hydroxylation is 1. The molecule has 1 saturated heterocycles. The Balaban J connectivity index is 1.75. The molecule has 0 saturated carbocycles. The van der Waals surface area contributed by atoms with Crippen molar-refractivity contribution in [3.05, 3.63) is 48.0 Å². The monoisotopic (exact) mass is 432 g/mol. The van der Waals surface area contributed by atoms with E-state index in [0.717, 1.165) is 31.4 Å². The number of benzene rings is 2. The third kappa shape index (κ3) is 4.87. The summed E-state index contributed by atoms with van der Waals surface area (Å²) in [5.41, 5.74) is 1.59. The molecule has 2 amide bonds. The van der Waals surface area contributed by atoms with E-state index in [4.69, 9.17) is 8.92 Å². The topological polar surface area (TPSA) is 76.2 Å². The van der Waals surface area contributed by atoms with Crippen LogP contribution in [0.4, 0.5) is 10.5 Å². The lowest BCUT2D eigenvalue weighted by molar-refractivity contribution is 0.220. The fourth-order valence-corrected chi connectivity index (χ4v) is 4.26. The Morgan fingerprint density at radius 3 is 2.33 bits per heavy atom. The van der Waals surface area contributed by atoms with Gasteiger partial charge in [0.15, 0.2) is 0 Å². The Labute approximate surface area is 178 Å². The summed E-state index contributed by atoms with van der Waals surface area (Å²) in [7, 11) is -2.49. The molecule has 0 unspecified atom stereocenters. The molecule has 2 aromatic rings. The normalized spacial score (nSPS) is 14.3. The highest BCUT2D eigenvalue weighted by Crippen LogP contribution is 2.27. The van der Waals surface area contributed by atoms with E-state index >= 15 is 0 Å². The summed E-state index contributed by atoms with van der Waals surface area (Å²) in [4.78, 5) is 16.1. The van der Waals surface area contributed by atoms with E-state index in [1.54, 1.807) is 29.2 Å². The van der Waals surface area contributed by atoms with Gasteiger partial charge >= 0.3 is 16.1 Å². The van der Waals surface area contributed by atoms with Crippen LogP contribution in [0.5, 0.6) is 11.5 Å². The smallest absolute Gasteiger partial charge is 0.339 e. The average Bonchev–Trinajstić information content (AvgIpc) is 3.11. The molecule has 1 aliphatic heterocycles. The first kappa shape index (κ1) is 22.0. The van der Waals surface area contributed by atoms with Crippen molar-refractivity contribution in [2.24, 2.45) is 0 Å². The van der Waals surface area contributed by atoms with Crippen LogP contribution in [-0.4, -0.2) is 46.1 Å². The Hall–Kier alpha value is -2.74. The molecule has 0 aliphatic carbocycles. The summed E-state index contributed by atoms with van der Waals surface area (Å²) < 4.78 is 36.0. The molecule has 0 bridgehead atoms. The maximum Gasteiger partial charge on any atom is 0.339 e. The van der Waals surface area contributed by atoms with E-state index in [9.17, 15) is 13.2 Å². The molecular formula is C22H28N2O5S. The lowest BCUT2D eigenvalue weighted by atomic mass is 10.1. The Bertz CT molecular complexity index is 967. The quantitative estimate of drug-likeness (QED) is 0.559. The summed E-state index contributed by atoms with van der Waals surface area (Å²) in [5, 5.41) is 0. The highest BCUT2D eigenvalue weighted by atomic mass is 32.2. The van der Waals surface area contributed by atoms with Crippen molar-refractivity contribution in [2.75, 3.05) is 31.6 Å². The van der Waals surface area contributed by atoms with Gasteiger partial charge in [-0.2, -0.15) is 8.42 Å². The minimum absolute atomic E-state index is 0.0293. The van der Waals surface area contributed by atoms with Crippen molar-refractivity contribution in [3.8, 4) is 11.5 Å². The molecule has 7 nitrogen and oxygen atoms in total. The van der Waals surface area contributed by atoms with Gasteiger partial charge in [-0.1, -0.05) is 20.3 Å². The molecule has 30 heavy (non-hydrogen) atoms. The number of hydrogen-bond donors (Lipinski definition) is 0. The molecule has 1 aliphatic rings. The number of unbranched alkanes of at least 4 members (excludes halogenated alkanes) is 1. The van der Waals surface area contributed by atoms with Crippen LogP contribution in [-0.2, 0) is 16.5 Å². The number of rotatable bonds is 9. The van der Waals surface area contributed by atoms with E-state index in [-0.39, 0.29) is 16.7 Å². The molecule has 0 spiro atoms. The van der Waals surface area contributed by atoms with Gasteiger partial charge in [-0.15, -0.1) is 0 Å². The molecule has 2 aromatic carbocycles. The van der Waals surface area contributed by atoms with Crippen LogP contribution in [0, 0.1) is 0 Å². The summed E-state index contributed by atoms with van der Waals surface area (Å²) in [6.45, 7) is 6.07. The van der Waals surface area contributed by atoms with Gasteiger partial charge in [0, 0.05) is 31.4 Å². The van der Waals surface area contributed by atoms with Gasteiger partial charge in [0.05, 0.1) is 7.11 Å². The Kier molecular flexibility index (Phi) is 6.87. The highest BCUT2D eigenvalue weighted by Gasteiger charge is 2.29. The molecule has 3 rings (SSSR count). The van der Waals surface area contributed by atoms with Crippen LogP contribution in [0.25, 0.3) is 0 Å². The molecule has 0 radical (unpaired) electrons. The number of amides is 2. The first-order valence-electron chi connectivity index (χ1n) is 10.2. The summed E-state index contributed by atoms with van der Waals surface area (Å²) in [5.74, 6) is 0.742. The first-order valence-corrected chi connectivity index (χ1v) is 11.6. The van der Waals surface area contributed by atoms with Crippen LogP contribution in [0.1, 0.15) is 32.3 Å². The van der Waals surface area contributed by atoms with Crippen molar-refractivity contribution in [2.45, 2.75) is 38.0 Å². The van der Waals surface area contributed by atoms with Gasteiger partial charge in [-0.3, -0.25) is 4.90 Å². The zero-order chi connectivity index (χ0) is 21.7. The maximum absolute atomic E-state index is 12.7. The molecule has 0 atom stereocenters. The SMILES string of the molecule is CCCCN1CCN(c2ccc(S(=O)(=O)Oc3cc(CC)cc(OC)c3)cc2)C1=O. The lowest BCUT2D eigenvalue weighted by Gasteiger charge is -2.18. The molecule has 1 heterocycles. The largest absolute Gasteiger partial charge is 0.497 e. The molecule has 1 fully saturated rings. The summed E-state index contributed by atoms with van der Waals surface area (Å²) in [6, 6.07) is 11.2. The predicted molar refractivity (Wildman–Crippen MR) is 116 cm³/mol. The molecule has 8 heteroatoms. The standard InChI is InChI=1S/C22H28N2O5S/c1-4-6-11-23-12-13-24(22(23)25)18-7-9-21(10-8-18)30(26,27)29-20-15-17(5-2)14-19(16-20)28-3/h7-10,14-16H,4-6,11-13H2,1-3H3. The van der Waals surface area contributed by atoms with E-state index in [0.29, 0.717) is 24.5 Å². The number of carbonyl (C=O) groups is 1. The maximum atomic E-state index is 12.7. The Morgan fingerprint density at radius 1 is 1.00 bits per heavy atom. The second-order valence-corrected chi connectivity index (χ2v) is 8.72. The highest BCUT2D eigenvalue weighted by molar-refractivity contribution is 7.87. The van der Waals surface area contributed by atoms with Gasteiger partial charge in [0.1, 0.15) is 16.4 Å². The number of carbonyl (C=O) groups excluding carboxylic acids is 1. The van der Waals surface area contributed by atoms with E-state index < -0.39 is 10.1 Å². The van der Waals surface area contributed by atoms with E-state index in [2.05, 4.69) is 6.92 Å². The number of hydrogen-bond acceptors (Lipinski definition) is 5. The predicted octanol–water partition coefficient (Wildman–Crippen LogP) is 4.07. The van der Waals surface area contributed by atoms with Crippen LogP contribution >= 0.6 is 0 Å². The fourth-order valence-electron chi connectivity index (χ4n) is 3.35. The summed E-state index contributed by atoms with van der Waals surface area (Å²) in [6.07, 6.45) is 2.73. The van der Waals surface area contributed by atoms with Gasteiger partial charge in [0.2, 0.25) is 0 Å². The number of anilines is 1. The van der Waals surface area contributed by atoms with Gasteiger partial charge in [-0.05, 0) is 54.8 Å². The van der Waals surface area contributed by atoms with E-state index in [1.165, 1.54) is 19.2 Å². The second-order valence-electron chi connectivity index (χ2n) is 7.18. The zero-order valence-corrected chi connectivity index (χ0v) is 18.4. The van der Waals surface area contributed by atoms with Crippen LogP contribution < -0.4 is 13.8 Å². The molecular weight excluding hydrogens is 404 g/mol. The van der Waals surface area contributed by atoms with Crippen LogP contribution in [0.15, 0.2) is 47.4 Å². The lowest BCUT2D eigenvalue weighted by Crippen LogP contribution is -2.32. The molecule has 162 valence electrons. The average molecular weight is 433 g/mol. The van der Waals surface area contributed by atoms with Crippen LogP contribution in [0.2, 0.25) is 0 Å². The number of nitrogens with zero attached hydrogens (tertiary/aromatic N) is 2.